The lowest BCUT2D eigenvalue weighted by Gasteiger charge is -2.08. The van der Waals surface area contributed by atoms with Gasteiger partial charge in [0.25, 0.3) is 5.91 Å². The van der Waals surface area contributed by atoms with Crippen LogP contribution in [0.25, 0.3) is 0 Å². The van der Waals surface area contributed by atoms with Crippen molar-refractivity contribution in [2.45, 2.75) is 32.6 Å². The standard InChI is InChI=1S/C14H22N2O/c1-4-5-6-7-12-8-10-13(11-9-12)14(17)15-16(2)3/h8-11H,4-7H2,1-3H3,(H,15,17)/p+1. The molecule has 0 spiro atoms. The van der Waals surface area contributed by atoms with Gasteiger partial charge in [0.05, 0.1) is 14.1 Å². The normalized spacial score (nSPS) is 10.6. The summed E-state index contributed by atoms with van der Waals surface area (Å²) in [5.74, 6) is -0.0230. The zero-order valence-corrected chi connectivity index (χ0v) is 11.0. The van der Waals surface area contributed by atoms with E-state index < -0.39 is 0 Å². The molecule has 3 heteroatoms. The zero-order valence-electron chi connectivity index (χ0n) is 11.0. The molecule has 1 aromatic rings. The number of benzene rings is 1. The molecule has 0 unspecified atom stereocenters. The van der Waals surface area contributed by atoms with Gasteiger partial charge in [0.1, 0.15) is 0 Å². The molecule has 0 radical (unpaired) electrons. The van der Waals surface area contributed by atoms with E-state index in [2.05, 4.69) is 24.5 Å². The first-order valence-corrected chi connectivity index (χ1v) is 6.34. The van der Waals surface area contributed by atoms with Crippen molar-refractivity contribution in [2.24, 2.45) is 0 Å². The summed E-state index contributed by atoms with van der Waals surface area (Å²) in [7, 11) is 3.77. The second-order valence-electron chi connectivity index (χ2n) is 4.61. The van der Waals surface area contributed by atoms with Crippen LogP contribution in [0.5, 0.6) is 0 Å². The summed E-state index contributed by atoms with van der Waals surface area (Å²) in [6.07, 6.45) is 4.84. The lowest BCUT2D eigenvalue weighted by atomic mass is 10.1. The summed E-state index contributed by atoms with van der Waals surface area (Å²) in [4.78, 5) is 11.7. The molecule has 1 aromatic carbocycles. The van der Waals surface area contributed by atoms with Crippen LogP contribution in [-0.2, 0) is 6.42 Å². The zero-order chi connectivity index (χ0) is 12.7. The number of unbranched alkanes of at least 4 members (excludes halogenated alkanes) is 2. The molecule has 0 heterocycles. The van der Waals surface area contributed by atoms with Crippen LogP contribution in [0, 0.1) is 0 Å². The topological polar surface area (TPSA) is 33.5 Å². The Labute approximate surface area is 104 Å². The Morgan fingerprint density at radius 3 is 2.35 bits per heavy atom. The Bertz CT molecular complexity index is 344. The van der Waals surface area contributed by atoms with Crippen molar-refractivity contribution in [3.63, 3.8) is 0 Å². The second kappa shape index (κ2) is 7.07. The van der Waals surface area contributed by atoms with Gasteiger partial charge in [0.2, 0.25) is 0 Å². The minimum atomic E-state index is -0.0230. The van der Waals surface area contributed by atoms with Crippen molar-refractivity contribution in [3.05, 3.63) is 35.4 Å². The molecule has 0 fully saturated rings. The van der Waals surface area contributed by atoms with Crippen molar-refractivity contribution in [1.29, 1.82) is 0 Å². The lowest BCUT2D eigenvalue weighted by Crippen LogP contribution is -3.13. The number of hydrogen-bond donors (Lipinski definition) is 2. The molecule has 0 bridgehead atoms. The second-order valence-corrected chi connectivity index (χ2v) is 4.61. The highest BCUT2D eigenvalue weighted by molar-refractivity contribution is 5.93. The van der Waals surface area contributed by atoms with Crippen LogP contribution in [0.15, 0.2) is 24.3 Å². The van der Waals surface area contributed by atoms with Gasteiger partial charge in [-0.15, -0.1) is 0 Å². The van der Waals surface area contributed by atoms with Gasteiger partial charge in [-0.3, -0.25) is 4.79 Å². The van der Waals surface area contributed by atoms with Crippen LogP contribution in [-0.4, -0.2) is 20.0 Å². The number of aryl methyl sites for hydroxylation is 1. The maximum Gasteiger partial charge on any atom is 0.295 e. The highest BCUT2D eigenvalue weighted by atomic mass is 16.2. The van der Waals surface area contributed by atoms with Crippen molar-refractivity contribution in [2.75, 3.05) is 14.1 Å². The molecular formula is C14H23N2O+. The average molecular weight is 235 g/mol. The van der Waals surface area contributed by atoms with Crippen LogP contribution in [0.2, 0.25) is 0 Å². The molecule has 3 nitrogen and oxygen atoms in total. The molecule has 0 aliphatic carbocycles. The summed E-state index contributed by atoms with van der Waals surface area (Å²) >= 11 is 0. The molecule has 1 amide bonds. The van der Waals surface area contributed by atoms with Gasteiger partial charge in [-0.2, -0.15) is 5.43 Å². The molecule has 94 valence electrons. The molecule has 0 aromatic heterocycles. The minimum absolute atomic E-state index is 0.0230. The van der Waals surface area contributed by atoms with Crippen LogP contribution in [0.4, 0.5) is 0 Å². The van der Waals surface area contributed by atoms with Crippen molar-refractivity contribution in [3.8, 4) is 0 Å². The first kappa shape index (κ1) is 13.7. The van der Waals surface area contributed by atoms with E-state index in [1.54, 1.807) is 0 Å². The predicted molar refractivity (Wildman–Crippen MR) is 69.9 cm³/mol. The Morgan fingerprint density at radius 1 is 1.18 bits per heavy atom. The first-order valence-electron chi connectivity index (χ1n) is 6.34. The van der Waals surface area contributed by atoms with Crippen LogP contribution in [0.1, 0.15) is 42.1 Å². The van der Waals surface area contributed by atoms with Crippen LogP contribution >= 0.6 is 0 Å². The Morgan fingerprint density at radius 2 is 1.82 bits per heavy atom. The molecule has 0 aliphatic heterocycles. The van der Waals surface area contributed by atoms with Crippen molar-refractivity contribution >= 4 is 5.91 Å². The van der Waals surface area contributed by atoms with E-state index in [1.165, 1.54) is 24.8 Å². The Hall–Kier alpha value is -1.35. The highest BCUT2D eigenvalue weighted by Crippen LogP contribution is 2.08. The van der Waals surface area contributed by atoms with Gasteiger partial charge in [-0.25, -0.2) is 5.01 Å². The van der Waals surface area contributed by atoms with Gasteiger partial charge in [-0.1, -0.05) is 31.9 Å². The molecular weight excluding hydrogens is 212 g/mol. The Balaban J connectivity index is 2.52. The molecule has 0 saturated carbocycles. The van der Waals surface area contributed by atoms with Crippen LogP contribution in [0.3, 0.4) is 0 Å². The van der Waals surface area contributed by atoms with Crippen LogP contribution < -0.4 is 10.4 Å². The molecule has 0 saturated heterocycles. The smallest absolute Gasteiger partial charge is 0.264 e. The van der Waals surface area contributed by atoms with E-state index in [1.807, 2.05) is 26.2 Å². The summed E-state index contributed by atoms with van der Waals surface area (Å²) in [5.41, 5.74) is 4.85. The summed E-state index contributed by atoms with van der Waals surface area (Å²) in [5, 5.41) is 0.919. The number of carbonyl (C=O) groups is 1. The molecule has 17 heavy (non-hydrogen) atoms. The SMILES string of the molecule is CCCCCc1ccc(C(=O)N[NH+](C)C)cc1. The van der Waals surface area contributed by atoms with Gasteiger partial charge < -0.3 is 0 Å². The van der Waals surface area contributed by atoms with Crippen molar-refractivity contribution in [1.82, 2.24) is 5.43 Å². The maximum atomic E-state index is 11.7. The van der Waals surface area contributed by atoms with Gasteiger partial charge in [-0.05, 0) is 30.5 Å². The first-order chi connectivity index (χ1) is 8.13. The van der Waals surface area contributed by atoms with E-state index in [4.69, 9.17) is 0 Å². The number of quaternary nitrogens is 1. The molecule has 0 aliphatic rings. The minimum Gasteiger partial charge on any atom is -0.264 e. The molecule has 0 atom stereocenters. The van der Waals surface area contributed by atoms with E-state index in [0.717, 1.165) is 17.0 Å². The van der Waals surface area contributed by atoms with E-state index in [-0.39, 0.29) is 5.91 Å². The summed E-state index contributed by atoms with van der Waals surface area (Å²) in [6, 6.07) is 7.91. The van der Waals surface area contributed by atoms with E-state index in [9.17, 15) is 4.79 Å². The summed E-state index contributed by atoms with van der Waals surface area (Å²) in [6.45, 7) is 2.21. The fourth-order valence-electron chi connectivity index (χ4n) is 1.70. The maximum absolute atomic E-state index is 11.7. The molecule has 2 N–H and O–H groups in total. The third-order valence-electron chi connectivity index (χ3n) is 2.65. The third kappa shape index (κ3) is 5.00. The van der Waals surface area contributed by atoms with Crippen molar-refractivity contribution < 1.29 is 9.80 Å². The predicted octanol–water partition coefficient (Wildman–Crippen LogP) is 1.21. The lowest BCUT2D eigenvalue weighted by molar-refractivity contribution is -0.895. The Kier molecular flexibility index (Phi) is 5.70. The largest absolute Gasteiger partial charge is 0.295 e. The number of amides is 1. The van der Waals surface area contributed by atoms with E-state index >= 15 is 0 Å². The highest BCUT2D eigenvalue weighted by Gasteiger charge is 2.07. The average Bonchev–Trinajstić information content (AvgIpc) is 2.29. The number of hydrogen-bond acceptors (Lipinski definition) is 1. The quantitative estimate of drug-likeness (QED) is 0.564. The fraction of sp³-hybridized carbons (Fsp3) is 0.500. The summed E-state index contributed by atoms with van der Waals surface area (Å²) < 4.78 is 0. The van der Waals surface area contributed by atoms with Gasteiger partial charge in [0, 0.05) is 5.56 Å². The van der Waals surface area contributed by atoms with Gasteiger partial charge >= 0.3 is 0 Å². The number of rotatable bonds is 6. The fourth-order valence-corrected chi connectivity index (χ4v) is 1.70. The monoisotopic (exact) mass is 235 g/mol. The number of carbonyl (C=O) groups excluding carboxylic acids is 1. The molecule has 1 rings (SSSR count). The number of nitrogens with one attached hydrogen (secondary N) is 2. The van der Waals surface area contributed by atoms with Gasteiger partial charge in [0.15, 0.2) is 0 Å². The third-order valence-corrected chi connectivity index (χ3v) is 2.65. The van der Waals surface area contributed by atoms with E-state index in [0.29, 0.717) is 0 Å².